The normalized spacial score (nSPS) is 11.8. The van der Waals surface area contributed by atoms with Crippen LogP contribution in [0.25, 0.3) is 0 Å². The molecule has 9 heteroatoms. The number of amides is 2. The van der Waals surface area contributed by atoms with Crippen LogP contribution in [0, 0.1) is 5.41 Å². The highest BCUT2D eigenvalue weighted by Crippen LogP contribution is 2.32. The van der Waals surface area contributed by atoms with Crippen LogP contribution in [-0.4, -0.2) is 55.3 Å². The Balaban J connectivity index is 3.67. The number of carbonyl (C=O) groups excluding carboxylic acids is 2. The zero-order valence-corrected chi connectivity index (χ0v) is 19.2. The maximum Gasteiger partial charge on any atom is 0.450 e. The van der Waals surface area contributed by atoms with Gasteiger partial charge in [-0.3, -0.25) is 0 Å². The lowest BCUT2D eigenvalue weighted by atomic mass is 9.91. The molecule has 2 amide bonds. The Morgan fingerprint density at radius 2 is 1.69 bits per heavy atom. The third-order valence-corrected chi connectivity index (χ3v) is 4.26. The Hall–Kier alpha value is -2.42. The molecule has 0 fully saturated rings. The average Bonchev–Trinajstić information content (AvgIpc) is 2.65. The summed E-state index contributed by atoms with van der Waals surface area (Å²) in [6.45, 7) is 9.68. The molecule has 0 bridgehead atoms. The van der Waals surface area contributed by atoms with E-state index in [9.17, 15) is 9.59 Å². The van der Waals surface area contributed by atoms with E-state index in [0.29, 0.717) is 22.9 Å². The van der Waals surface area contributed by atoms with Gasteiger partial charge in [0.15, 0.2) is 0 Å². The van der Waals surface area contributed by atoms with Crippen LogP contribution in [0.2, 0.25) is 0 Å². The number of ether oxygens (including phenoxy) is 3. The minimum atomic E-state index is -0.836. The van der Waals surface area contributed by atoms with Gasteiger partial charge in [-0.1, -0.05) is 38.0 Å². The summed E-state index contributed by atoms with van der Waals surface area (Å²) in [6.07, 6.45) is 0.148. The number of thioether (sulfide) groups is 1. The summed E-state index contributed by atoms with van der Waals surface area (Å²) in [5.74, 6) is 0.968. The van der Waals surface area contributed by atoms with Gasteiger partial charge in [-0.2, -0.15) is 21.9 Å². The van der Waals surface area contributed by atoms with Crippen molar-refractivity contribution in [2.24, 2.45) is 10.5 Å². The van der Waals surface area contributed by atoms with Crippen molar-refractivity contribution in [3.63, 3.8) is 0 Å². The summed E-state index contributed by atoms with van der Waals surface area (Å²) in [6, 6.07) is 6.85. The van der Waals surface area contributed by atoms with Gasteiger partial charge in [0.25, 0.3) is 0 Å². The number of anilines is 1. The number of nitrogens with zero attached hydrogens (tertiary/aromatic N) is 3. The maximum absolute atomic E-state index is 12.7. The number of hydrogen-bond donors (Lipinski definition) is 0. The molecule has 0 saturated heterocycles. The zero-order chi connectivity index (χ0) is 22.2. The summed E-state index contributed by atoms with van der Waals surface area (Å²) in [5, 5.41) is 6.39. The van der Waals surface area contributed by atoms with Gasteiger partial charge < -0.3 is 14.2 Å². The highest BCUT2D eigenvalue weighted by atomic mass is 32.2. The minimum absolute atomic E-state index is 0.146. The highest BCUT2D eigenvalue weighted by molar-refractivity contribution is 7.99. The summed E-state index contributed by atoms with van der Waals surface area (Å²) in [7, 11) is 2.45. The van der Waals surface area contributed by atoms with Crippen molar-refractivity contribution in [2.75, 3.05) is 31.2 Å². The number of hydrazone groups is 1. The third-order valence-electron chi connectivity index (χ3n) is 3.69. The van der Waals surface area contributed by atoms with E-state index in [0.717, 1.165) is 10.1 Å². The number of carbonyl (C=O) groups is 2. The van der Waals surface area contributed by atoms with Gasteiger partial charge in [-0.05, 0) is 32.2 Å². The first-order valence-corrected chi connectivity index (χ1v) is 10.5. The first kappa shape index (κ1) is 24.6. The van der Waals surface area contributed by atoms with Gasteiger partial charge >= 0.3 is 12.2 Å². The number of methoxy groups -OCH3 is 2. The molecule has 162 valence electrons. The molecule has 29 heavy (non-hydrogen) atoms. The van der Waals surface area contributed by atoms with E-state index in [2.05, 4.69) is 5.10 Å². The van der Waals surface area contributed by atoms with Crippen LogP contribution in [0.5, 0.6) is 5.75 Å². The Labute approximate surface area is 177 Å². The highest BCUT2D eigenvalue weighted by Gasteiger charge is 2.34. The van der Waals surface area contributed by atoms with Crippen LogP contribution in [0.3, 0.4) is 0 Å². The first-order valence-electron chi connectivity index (χ1n) is 9.15. The molecule has 0 aliphatic heterocycles. The van der Waals surface area contributed by atoms with Gasteiger partial charge in [0, 0.05) is 11.2 Å². The van der Waals surface area contributed by atoms with Gasteiger partial charge in [-0.15, -0.1) is 0 Å². The Kier molecular flexibility index (Phi) is 9.29. The number of rotatable bonds is 6. The number of hydrogen-bond acceptors (Lipinski definition) is 7. The van der Waals surface area contributed by atoms with Crippen LogP contribution < -0.4 is 9.75 Å². The first-order chi connectivity index (χ1) is 13.6. The lowest BCUT2D eigenvalue weighted by Crippen LogP contribution is -2.48. The lowest BCUT2D eigenvalue weighted by molar-refractivity contribution is 0.109. The van der Waals surface area contributed by atoms with E-state index in [1.807, 2.05) is 40.9 Å². The van der Waals surface area contributed by atoms with Gasteiger partial charge in [0.2, 0.25) is 0 Å². The number of hydrazine groups is 1. The van der Waals surface area contributed by atoms with E-state index in [1.54, 1.807) is 36.0 Å². The van der Waals surface area contributed by atoms with Gasteiger partial charge in [0.1, 0.15) is 11.4 Å². The topological polar surface area (TPSA) is 80.7 Å². The standard InChI is InChI=1S/C20H31N3O5S/c1-14(2)28-16-12-10-9-11-15(16)22(18(24)26-6)23(19(25)27-7)21-17(13-29-8)20(3,4)5/h9-12,14H,13H2,1-8H3. The van der Waals surface area contributed by atoms with Crippen LogP contribution in [0.4, 0.5) is 15.3 Å². The van der Waals surface area contributed by atoms with E-state index in [4.69, 9.17) is 14.2 Å². The molecular weight excluding hydrogens is 394 g/mol. The van der Waals surface area contributed by atoms with E-state index in [-0.39, 0.29) is 11.5 Å². The Bertz CT molecular complexity index is 731. The fraction of sp³-hybridized carbons (Fsp3) is 0.550. The van der Waals surface area contributed by atoms with E-state index >= 15 is 0 Å². The van der Waals surface area contributed by atoms with Crippen LogP contribution in [-0.2, 0) is 9.47 Å². The molecule has 0 aliphatic rings. The summed E-state index contributed by atoms with van der Waals surface area (Å²) < 4.78 is 15.7. The molecule has 0 radical (unpaired) electrons. The molecule has 1 aromatic rings. The fourth-order valence-electron chi connectivity index (χ4n) is 2.25. The molecule has 0 spiro atoms. The average molecular weight is 426 g/mol. The fourth-order valence-corrected chi connectivity index (χ4v) is 3.01. The smallest absolute Gasteiger partial charge is 0.450 e. The van der Waals surface area contributed by atoms with Crippen LogP contribution in [0.1, 0.15) is 34.6 Å². The van der Waals surface area contributed by atoms with Gasteiger partial charge in [-0.25, -0.2) is 9.59 Å². The second kappa shape index (κ2) is 10.9. The summed E-state index contributed by atoms with van der Waals surface area (Å²) >= 11 is 1.56. The molecule has 0 saturated carbocycles. The number of benzene rings is 1. The van der Waals surface area contributed by atoms with E-state index in [1.165, 1.54) is 14.2 Å². The quantitative estimate of drug-likeness (QED) is 0.481. The molecule has 0 aliphatic carbocycles. The maximum atomic E-state index is 12.7. The van der Waals surface area contributed by atoms with Crippen molar-refractivity contribution in [3.05, 3.63) is 24.3 Å². The second-order valence-electron chi connectivity index (χ2n) is 7.41. The SMILES string of the molecule is COC(=O)N(N=C(CSC)C(C)(C)C)N(C(=O)OC)c1ccccc1OC(C)C. The Morgan fingerprint density at radius 1 is 1.10 bits per heavy atom. The van der Waals surface area contributed by atoms with Crippen molar-refractivity contribution in [3.8, 4) is 5.75 Å². The predicted molar refractivity (Wildman–Crippen MR) is 117 cm³/mol. The molecule has 1 rings (SSSR count). The van der Waals surface area contributed by atoms with Crippen molar-refractivity contribution >= 4 is 35.3 Å². The largest absolute Gasteiger partial charge is 0.489 e. The summed E-state index contributed by atoms with van der Waals surface area (Å²) in [4.78, 5) is 25.4. The summed E-state index contributed by atoms with van der Waals surface area (Å²) in [5.41, 5.74) is 0.663. The van der Waals surface area contributed by atoms with Crippen molar-refractivity contribution in [1.29, 1.82) is 0 Å². The molecule has 0 aromatic heterocycles. The second-order valence-corrected chi connectivity index (χ2v) is 8.27. The van der Waals surface area contributed by atoms with Gasteiger partial charge in [0.05, 0.1) is 26.0 Å². The molecule has 0 unspecified atom stereocenters. The molecule has 8 nitrogen and oxygen atoms in total. The monoisotopic (exact) mass is 425 g/mol. The predicted octanol–water partition coefficient (Wildman–Crippen LogP) is 4.80. The minimum Gasteiger partial charge on any atom is -0.489 e. The Morgan fingerprint density at radius 3 is 2.17 bits per heavy atom. The lowest BCUT2D eigenvalue weighted by Gasteiger charge is -2.32. The number of para-hydroxylation sites is 2. The third kappa shape index (κ3) is 6.85. The zero-order valence-electron chi connectivity index (χ0n) is 18.4. The molecule has 0 atom stereocenters. The van der Waals surface area contributed by atoms with E-state index < -0.39 is 12.2 Å². The molecular formula is C20H31N3O5S. The van der Waals surface area contributed by atoms with Crippen LogP contribution >= 0.6 is 11.8 Å². The molecule has 1 aromatic carbocycles. The molecule has 0 heterocycles. The van der Waals surface area contributed by atoms with Crippen molar-refractivity contribution in [1.82, 2.24) is 5.12 Å². The van der Waals surface area contributed by atoms with Crippen molar-refractivity contribution in [2.45, 2.75) is 40.7 Å². The molecule has 0 N–H and O–H groups in total. The van der Waals surface area contributed by atoms with Crippen LogP contribution in [0.15, 0.2) is 29.4 Å². The van der Waals surface area contributed by atoms with Crippen molar-refractivity contribution < 1.29 is 23.8 Å².